The fraction of sp³-hybridized carbons (Fsp3) is 0.227. The van der Waals surface area contributed by atoms with Crippen LogP contribution in [-0.4, -0.2) is 23.9 Å². The monoisotopic (exact) mass is 510 g/mol. The fourth-order valence-corrected chi connectivity index (χ4v) is 4.34. The van der Waals surface area contributed by atoms with E-state index in [0.717, 1.165) is 11.3 Å². The lowest BCUT2D eigenvalue weighted by atomic mass is 10.1. The van der Waals surface area contributed by atoms with Crippen LogP contribution in [0.1, 0.15) is 55.8 Å². The molecule has 2 heterocycles. The van der Waals surface area contributed by atoms with Crippen LogP contribution >= 0.6 is 34.5 Å². The Morgan fingerprint density at radius 1 is 1.18 bits per heavy atom. The van der Waals surface area contributed by atoms with Crippen molar-refractivity contribution in [3.05, 3.63) is 67.9 Å². The summed E-state index contributed by atoms with van der Waals surface area (Å²) in [6.45, 7) is 4.96. The molecular formula is C22H20Cl2N2O6S. The van der Waals surface area contributed by atoms with E-state index in [1.807, 2.05) is 0 Å². The van der Waals surface area contributed by atoms with E-state index in [-0.39, 0.29) is 33.9 Å². The second kappa shape index (κ2) is 10.3. The first-order valence-corrected chi connectivity index (χ1v) is 11.3. The van der Waals surface area contributed by atoms with E-state index in [2.05, 4.69) is 5.32 Å². The smallest absolute Gasteiger partial charge is 0.341 e. The molecule has 2 amide bonds. The van der Waals surface area contributed by atoms with Gasteiger partial charge in [0.05, 0.1) is 21.6 Å². The van der Waals surface area contributed by atoms with Gasteiger partial charge in [0, 0.05) is 5.02 Å². The molecule has 0 saturated carbocycles. The quantitative estimate of drug-likeness (QED) is 0.388. The largest absolute Gasteiger partial charge is 0.484 e. The van der Waals surface area contributed by atoms with E-state index < -0.39 is 17.8 Å². The third kappa shape index (κ3) is 5.87. The number of nitrogens with two attached hydrogens (primary N) is 1. The van der Waals surface area contributed by atoms with Gasteiger partial charge >= 0.3 is 5.97 Å². The van der Waals surface area contributed by atoms with E-state index in [0.29, 0.717) is 27.1 Å². The molecule has 2 aromatic heterocycles. The maximum absolute atomic E-state index is 12.7. The molecule has 8 nitrogen and oxygen atoms in total. The van der Waals surface area contributed by atoms with Gasteiger partial charge in [-0.15, -0.1) is 11.3 Å². The Labute approximate surface area is 203 Å². The van der Waals surface area contributed by atoms with E-state index in [4.69, 9.17) is 42.8 Å². The summed E-state index contributed by atoms with van der Waals surface area (Å²) in [6.07, 6.45) is -0.390. The number of benzene rings is 1. The van der Waals surface area contributed by atoms with Crippen molar-refractivity contribution in [2.45, 2.75) is 33.5 Å². The second-order valence-electron chi connectivity index (χ2n) is 7.16. The molecule has 0 aliphatic heterocycles. The number of carbonyl (C=O) groups is 3. The average molecular weight is 511 g/mol. The third-order valence-electron chi connectivity index (χ3n) is 4.29. The highest BCUT2D eigenvalue weighted by Gasteiger charge is 2.27. The lowest BCUT2D eigenvalue weighted by molar-refractivity contribution is 0.0379. The second-order valence-corrected chi connectivity index (χ2v) is 9.03. The van der Waals surface area contributed by atoms with Crippen LogP contribution in [0.3, 0.4) is 0 Å². The molecule has 174 valence electrons. The Morgan fingerprint density at radius 3 is 2.55 bits per heavy atom. The number of furan rings is 1. The number of nitrogens with one attached hydrogen (secondary N) is 1. The molecule has 3 N–H and O–H groups in total. The number of esters is 1. The maximum Gasteiger partial charge on any atom is 0.341 e. The zero-order valence-electron chi connectivity index (χ0n) is 17.9. The van der Waals surface area contributed by atoms with Gasteiger partial charge in [0.1, 0.15) is 23.1 Å². The van der Waals surface area contributed by atoms with Crippen LogP contribution in [0.2, 0.25) is 10.0 Å². The van der Waals surface area contributed by atoms with Crippen molar-refractivity contribution in [3.8, 4) is 5.75 Å². The van der Waals surface area contributed by atoms with Crippen LogP contribution in [0.5, 0.6) is 5.75 Å². The molecule has 11 heteroatoms. The van der Waals surface area contributed by atoms with E-state index in [9.17, 15) is 14.4 Å². The molecule has 1 aromatic carbocycles. The van der Waals surface area contributed by atoms with Crippen molar-refractivity contribution in [3.63, 3.8) is 0 Å². The van der Waals surface area contributed by atoms with Crippen molar-refractivity contribution in [1.82, 2.24) is 0 Å². The maximum atomic E-state index is 12.7. The molecule has 0 radical (unpaired) electrons. The normalized spacial score (nSPS) is 10.8. The predicted octanol–water partition coefficient (Wildman–Crippen LogP) is 5.45. The molecule has 0 fully saturated rings. The summed E-state index contributed by atoms with van der Waals surface area (Å²) >= 11 is 12.8. The minimum absolute atomic E-state index is 0.0184. The number of hydrogen-bond donors (Lipinski definition) is 2. The minimum Gasteiger partial charge on any atom is -0.484 e. The highest BCUT2D eigenvalue weighted by Crippen LogP contribution is 2.34. The van der Waals surface area contributed by atoms with Crippen molar-refractivity contribution in [2.24, 2.45) is 5.73 Å². The van der Waals surface area contributed by atoms with Crippen LogP contribution in [0.15, 0.2) is 34.7 Å². The highest BCUT2D eigenvalue weighted by molar-refractivity contribution is 7.18. The van der Waals surface area contributed by atoms with Gasteiger partial charge in [0.15, 0.2) is 5.76 Å². The van der Waals surface area contributed by atoms with Gasteiger partial charge in [0.2, 0.25) is 0 Å². The predicted molar refractivity (Wildman–Crippen MR) is 126 cm³/mol. The van der Waals surface area contributed by atoms with E-state index >= 15 is 0 Å². The number of halogens is 2. The van der Waals surface area contributed by atoms with Gasteiger partial charge in [-0.1, -0.05) is 23.2 Å². The van der Waals surface area contributed by atoms with Gasteiger partial charge in [0.25, 0.3) is 11.8 Å². The molecule has 33 heavy (non-hydrogen) atoms. The summed E-state index contributed by atoms with van der Waals surface area (Å²) in [6, 6.07) is 7.83. The Morgan fingerprint density at radius 2 is 1.91 bits per heavy atom. The number of carbonyl (C=O) groups excluding carboxylic acids is 3. The van der Waals surface area contributed by atoms with Crippen molar-refractivity contribution in [2.75, 3.05) is 5.32 Å². The van der Waals surface area contributed by atoms with Crippen LogP contribution in [0, 0.1) is 6.92 Å². The molecule has 0 bridgehead atoms. The summed E-state index contributed by atoms with van der Waals surface area (Å²) in [5.41, 5.74) is 5.81. The summed E-state index contributed by atoms with van der Waals surface area (Å²) in [5, 5.41) is 3.55. The number of amides is 2. The number of hydrogen-bond acceptors (Lipinski definition) is 7. The molecule has 0 spiro atoms. The number of primary amides is 1. The lowest BCUT2D eigenvalue weighted by Gasteiger charge is -2.10. The summed E-state index contributed by atoms with van der Waals surface area (Å²) in [5.74, 6) is -1.26. The standard InChI is InChI=1S/C22H20Cl2N2O6S/c1-10(2)31-22(29)17-11(3)18(19(25)27)33-21(17)26-20(28)16-7-5-13(32-16)9-30-15-6-4-12(23)8-14(15)24/h4-8,10H,9H2,1-3H3,(H2,25,27)(H,26,28). The summed E-state index contributed by atoms with van der Waals surface area (Å²) in [7, 11) is 0. The van der Waals surface area contributed by atoms with Crippen molar-refractivity contribution in [1.29, 1.82) is 0 Å². The Balaban J connectivity index is 1.76. The van der Waals surface area contributed by atoms with Gasteiger partial charge in [-0.05, 0) is 56.7 Å². The minimum atomic E-state index is -0.713. The summed E-state index contributed by atoms with van der Waals surface area (Å²) in [4.78, 5) is 37.2. The number of thiophene rings is 1. The van der Waals surface area contributed by atoms with Crippen LogP contribution < -0.4 is 15.8 Å². The third-order valence-corrected chi connectivity index (χ3v) is 6.05. The Hall–Kier alpha value is -3.01. The van der Waals surface area contributed by atoms with E-state index in [1.54, 1.807) is 45.0 Å². The first-order chi connectivity index (χ1) is 15.6. The Kier molecular flexibility index (Phi) is 7.68. The first-order valence-electron chi connectivity index (χ1n) is 9.69. The molecule has 3 aromatic rings. The van der Waals surface area contributed by atoms with Gasteiger partial charge in [-0.3, -0.25) is 9.59 Å². The van der Waals surface area contributed by atoms with Gasteiger partial charge < -0.3 is 24.9 Å². The molecule has 0 atom stereocenters. The summed E-state index contributed by atoms with van der Waals surface area (Å²) < 4.78 is 16.4. The SMILES string of the molecule is Cc1c(C(N)=O)sc(NC(=O)c2ccc(COc3ccc(Cl)cc3Cl)o2)c1C(=O)OC(C)C. The number of ether oxygens (including phenoxy) is 2. The van der Waals surface area contributed by atoms with Crippen LogP contribution in [-0.2, 0) is 11.3 Å². The zero-order chi connectivity index (χ0) is 24.3. The molecular weight excluding hydrogens is 491 g/mol. The number of rotatable bonds is 8. The molecule has 3 rings (SSSR count). The van der Waals surface area contributed by atoms with E-state index in [1.165, 1.54) is 6.07 Å². The van der Waals surface area contributed by atoms with Gasteiger partial charge in [-0.25, -0.2) is 4.79 Å². The van der Waals surface area contributed by atoms with Crippen LogP contribution in [0.4, 0.5) is 5.00 Å². The Bertz CT molecular complexity index is 1220. The molecule has 0 aliphatic carbocycles. The van der Waals surface area contributed by atoms with Crippen molar-refractivity contribution >= 4 is 57.3 Å². The molecule has 0 aliphatic rings. The zero-order valence-corrected chi connectivity index (χ0v) is 20.2. The lowest BCUT2D eigenvalue weighted by Crippen LogP contribution is -2.17. The van der Waals surface area contributed by atoms with Crippen LogP contribution in [0.25, 0.3) is 0 Å². The first kappa shape index (κ1) is 24.6. The fourth-order valence-electron chi connectivity index (χ4n) is 2.84. The molecule has 0 saturated heterocycles. The topological polar surface area (TPSA) is 121 Å². The van der Waals surface area contributed by atoms with Crippen molar-refractivity contribution < 1.29 is 28.3 Å². The molecule has 0 unspecified atom stereocenters. The highest BCUT2D eigenvalue weighted by atomic mass is 35.5. The average Bonchev–Trinajstić information content (AvgIpc) is 3.31. The number of anilines is 1. The van der Waals surface area contributed by atoms with Gasteiger partial charge in [-0.2, -0.15) is 0 Å².